The third-order valence-electron chi connectivity index (χ3n) is 7.18. The molecule has 1 heterocycles. The molecule has 0 radical (unpaired) electrons. The molecular formula is C38H40Br2N4O5. The Morgan fingerprint density at radius 1 is 0.714 bits per heavy atom. The Morgan fingerprint density at radius 2 is 1.08 bits per heavy atom. The molecule has 0 amide bonds. The van der Waals surface area contributed by atoms with Crippen molar-refractivity contribution in [2.75, 3.05) is 50.2 Å². The molecule has 0 unspecified atom stereocenters. The van der Waals surface area contributed by atoms with E-state index >= 15 is 0 Å². The molecule has 0 saturated carbocycles. The summed E-state index contributed by atoms with van der Waals surface area (Å²) in [6, 6.07) is 19.6. The molecular weight excluding hydrogens is 752 g/mol. The summed E-state index contributed by atoms with van der Waals surface area (Å²) in [6.07, 6.45) is 10.7. The molecule has 49 heavy (non-hydrogen) atoms. The lowest BCUT2D eigenvalue weighted by molar-refractivity contribution is -0.145. The molecule has 1 aliphatic heterocycles. The quantitative estimate of drug-likeness (QED) is 0.107. The number of nitrogens with zero attached hydrogens (tertiary/aromatic N) is 4. The maximum atomic E-state index is 12.0. The minimum Gasteiger partial charge on any atom is -0.463 e. The maximum absolute atomic E-state index is 12.0. The van der Waals surface area contributed by atoms with E-state index in [1.165, 1.54) is 0 Å². The Kier molecular flexibility index (Phi) is 14.0. The third-order valence-corrected chi connectivity index (χ3v) is 7.83. The van der Waals surface area contributed by atoms with Crippen LogP contribution >= 0.6 is 31.9 Å². The van der Waals surface area contributed by atoms with Crippen molar-refractivity contribution < 1.29 is 23.8 Å². The molecule has 0 atom stereocenters. The molecule has 3 rings (SSSR count). The fraction of sp³-hybridized carbons (Fsp3) is 0.316. The second-order valence-corrected chi connectivity index (χ2v) is 16.1. The van der Waals surface area contributed by atoms with Crippen molar-refractivity contribution in [2.24, 2.45) is 0 Å². The number of nitriles is 2. The summed E-state index contributed by atoms with van der Waals surface area (Å²) < 4.78 is 15.3. The number of carbonyl (C=O) groups excluding carboxylic acids is 2. The predicted molar refractivity (Wildman–Crippen MR) is 201 cm³/mol. The van der Waals surface area contributed by atoms with E-state index < -0.39 is 8.65 Å². The molecule has 2 aromatic carbocycles. The molecule has 0 bridgehead atoms. The van der Waals surface area contributed by atoms with Crippen molar-refractivity contribution in [3.63, 3.8) is 0 Å². The highest BCUT2D eigenvalue weighted by Crippen LogP contribution is 2.26. The van der Waals surface area contributed by atoms with E-state index in [0.717, 1.165) is 22.5 Å². The van der Waals surface area contributed by atoms with E-state index in [1.807, 2.05) is 96.7 Å². The molecule has 2 aromatic rings. The zero-order valence-electron chi connectivity index (χ0n) is 28.5. The van der Waals surface area contributed by atoms with Gasteiger partial charge in [0.25, 0.3) is 0 Å². The Hall–Kier alpha value is -4.58. The summed E-state index contributed by atoms with van der Waals surface area (Å²) in [5.41, 5.74) is 4.21. The summed E-state index contributed by atoms with van der Waals surface area (Å²) in [5, 5.41) is 19.0. The number of hydrogen-bond donors (Lipinski definition) is 0. The zero-order chi connectivity index (χ0) is 36.2. The summed E-state index contributed by atoms with van der Waals surface area (Å²) in [5.74, 6) is 0.322. The highest BCUT2D eigenvalue weighted by Gasteiger charge is 2.26. The van der Waals surface area contributed by atoms with Gasteiger partial charge in [-0.3, -0.25) is 9.59 Å². The van der Waals surface area contributed by atoms with Gasteiger partial charge in [-0.15, -0.1) is 0 Å². The van der Waals surface area contributed by atoms with E-state index in [0.29, 0.717) is 30.2 Å². The molecule has 11 heteroatoms. The average Bonchev–Trinajstić information content (AvgIpc) is 3.06. The van der Waals surface area contributed by atoms with Crippen LogP contribution in [0.15, 0.2) is 95.5 Å². The fourth-order valence-electron chi connectivity index (χ4n) is 4.19. The largest absolute Gasteiger partial charge is 0.463 e. The van der Waals surface area contributed by atoms with Gasteiger partial charge in [0.2, 0.25) is 0 Å². The number of halogens is 2. The smallest absolute Gasteiger partial charge is 0.322 e. The van der Waals surface area contributed by atoms with Gasteiger partial charge in [0.15, 0.2) is 0 Å². The normalized spacial score (nSPS) is 13.1. The van der Waals surface area contributed by atoms with Crippen LogP contribution in [0.25, 0.3) is 12.2 Å². The number of rotatable bonds is 14. The standard InChI is InChI=1S/C38H40Br2N4O5/c1-37(2,39)35(45)47-21-19-43(5)31-13-7-27(8-14-31)11-17-33-23-29(30(25-41)26-42)24-34(49-33)18-12-28-9-15-32(16-10-28)44(6)20-22-48-36(46)38(3,4)40/h7-18,23-24H,19-22H2,1-6H3/b17-11+,18-12+. The van der Waals surface area contributed by atoms with E-state index in [9.17, 15) is 20.1 Å². The Bertz CT molecular complexity index is 1610. The van der Waals surface area contributed by atoms with Crippen LogP contribution in [-0.2, 0) is 23.8 Å². The first kappa shape index (κ1) is 38.9. The molecule has 0 saturated heterocycles. The molecule has 0 aromatic heterocycles. The third kappa shape index (κ3) is 12.4. The van der Waals surface area contributed by atoms with E-state index in [4.69, 9.17) is 14.2 Å². The number of esters is 2. The van der Waals surface area contributed by atoms with Gasteiger partial charge in [-0.2, -0.15) is 10.5 Å². The second kappa shape index (κ2) is 17.7. The molecule has 0 N–H and O–H groups in total. The number of alkyl halides is 2. The number of likely N-dealkylation sites (N-methyl/N-ethyl adjacent to an activating group) is 2. The van der Waals surface area contributed by atoms with Crippen molar-refractivity contribution in [3.8, 4) is 12.1 Å². The van der Waals surface area contributed by atoms with Crippen LogP contribution in [0.3, 0.4) is 0 Å². The van der Waals surface area contributed by atoms with Crippen molar-refractivity contribution in [2.45, 2.75) is 36.3 Å². The Balaban J connectivity index is 1.65. The van der Waals surface area contributed by atoms with Crippen LogP contribution in [0.2, 0.25) is 0 Å². The number of ether oxygens (including phenoxy) is 3. The lowest BCUT2D eigenvalue weighted by Gasteiger charge is -2.21. The van der Waals surface area contributed by atoms with E-state index in [2.05, 4.69) is 31.9 Å². The summed E-state index contributed by atoms with van der Waals surface area (Å²) in [7, 11) is 3.86. The molecule has 1 aliphatic rings. The van der Waals surface area contributed by atoms with Crippen molar-refractivity contribution in [1.82, 2.24) is 0 Å². The molecule has 0 aliphatic carbocycles. The minimum absolute atomic E-state index is 0.0179. The monoisotopic (exact) mass is 790 g/mol. The highest BCUT2D eigenvalue weighted by molar-refractivity contribution is 9.10. The van der Waals surface area contributed by atoms with Crippen molar-refractivity contribution in [3.05, 3.63) is 107 Å². The van der Waals surface area contributed by atoms with Gasteiger partial charge in [-0.25, -0.2) is 0 Å². The summed E-state index contributed by atoms with van der Waals surface area (Å²) in [6.45, 7) is 8.60. The first-order valence-electron chi connectivity index (χ1n) is 15.5. The topological polar surface area (TPSA) is 116 Å². The van der Waals surface area contributed by atoms with Crippen LogP contribution < -0.4 is 9.80 Å². The molecule has 0 spiro atoms. The van der Waals surface area contributed by atoms with Crippen molar-refractivity contribution in [1.29, 1.82) is 10.5 Å². The van der Waals surface area contributed by atoms with E-state index in [1.54, 1.807) is 52.0 Å². The molecule has 0 fully saturated rings. The van der Waals surface area contributed by atoms with Gasteiger partial charge in [-0.05, 0) is 87.4 Å². The van der Waals surface area contributed by atoms with Gasteiger partial charge in [0, 0.05) is 31.0 Å². The lowest BCUT2D eigenvalue weighted by atomic mass is 10.1. The fourth-order valence-corrected chi connectivity index (χ4v) is 4.42. The number of benzene rings is 2. The number of carbonyl (C=O) groups is 2. The van der Waals surface area contributed by atoms with Gasteiger partial charge < -0.3 is 24.0 Å². The van der Waals surface area contributed by atoms with Gasteiger partial charge >= 0.3 is 11.9 Å². The Labute approximate surface area is 305 Å². The molecule has 256 valence electrons. The summed E-state index contributed by atoms with van der Waals surface area (Å²) >= 11 is 6.61. The second-order valence-electron chi connectivity index (χ2n) is 12.2. The lowest BCUT2D eigenvalue weighted by Crippen LogP contribution is -2.30. The minimum atomic E-state index is -0.720. The molecule has 9 nitrogen and oxygen atoms in total. The predicted octanol–water partition coefficient (Wildman–Crippen LogP) is 7.86. The maximum Gasteiger partial charge on any atom is 0.322 e. The highest BCUT2D eigenvalue weighted by atomic mass is 79.9. The van der Waals surface area contributed by atoms with Crippen molar-refractivity contribution >= 4 is 67.3 Å². The zero-order valence-corrected chi connectivity index (χ0v) is 31.7. The average molecular weight is 793 g/mol. The van der Waals surface area contributed by atoms with Gasteiger partial charge in [-0.1, -0.05) is 68.3 Å². The van der Waals surface area contributed by atoms with Gasteiger partial charge in [0.05, 0.1) is 13.1 Å². The van der Waals surface area contributed by atoms with Crippen LogP contribution in [-0.4, -0.2) is 61.0 Å². The van der Waals surface area contributed by atoms with Crippen LogP contribution in [0.4, 0.5) is 11.4 Å². The number of hydrogen-bond acceptors (Lipinski definition) is 9. The van der Waals surface area contributed by atoms with Crippen LogP contribution in [0.1, 0.15) is 38.8 Å². The van der Waals surface area contributed by atoms with Gasteiger partial charge in [0.1, 0.15) is 51.1 Å². The first-order chi connectivity index (χ1) is 23.1. The van der Waals surface area contributed by atoms with Crippen LogP contribution in [0.5, 0.6) is 0 Å². The first-order valence-corrected chi connectivity index (χ1v) is 17.1. The SMILES string of the molecule is CN(CCOC(=O)C(C)(C)Br)c1ccc(/C=C/C2=CC(=C(C#N)C#N)C=C(/C=C/c3ccc(N(C)CCOC(=O)C(C)(C)Br)cc3)O2)cc1. The Morgan fingerprint density at radius 3 is 1.41 bits per heavy atom. The van der Waals surface area contributed by atoms with E-state index in [-0.39, 0.29) is 30.7 Å². The number of anilines is 2. The van der Waals surface area contributed by atoms with Crippen LogP contribution in [0, 0.1) is 22.7 Å². The summed E-state index contributed by atoms with van der Waals surface area (Å²) in [4.78, 5) is 27.9. The number of allylic oxidation sites excluding steroid dienone is 6.